The molecule has 0 aromatic carbocycles. The molecule has 0 aromatic rings. The molecule has 0 radical (unpaired) electrons. The van der Waals surface area contributed by atoms with Crippen molar-refractivity contribution in [2.45, 2.75) is 57.8 Å². The second-order valence-corrected chi connectivity index (χ2v) is 7.69. The largest absolute Gasteiger partial charge is 1.00 e. The third kappa shape index (κ3) is 8.95. The fraction of sp³-hybridized carbons (Fsp3) is 0.765. The predicted octanol–water partition coefficient (Wildman–Crippen LogP) is -4.37. The Hall–Kier alpha value is 0.720. The van der Waals surface area contributed by atoms with E-state index in [0.717, 1.165) is 51.4 Å². The van der Waals surface area contributed by atoms with Crippen molar-refractivity contribution in [1.29, 1.82) is 0 Å². The summed E-state index contributed by atoms with van der Waals surface area (Å²) in [6.07, 6.45) is 8.47. The summed E-state index contributed by atoms with van der Waals surface area (Å²) in [5.41, 5.74) is 0. The molecule has 0 aromatic heterocycles. The van der Waals surface area contributed by atoms with E-state index < -0.39 is 11.8 Å². The van der Waals surface area contributed by atoms with E-state index in [1.54, 1.807) is 14.1 Å². The van der Waals surface area contributed by atoms with Gasteiger partial charge in [-0.25, -0.2) is 0 Å². The van der Waals surface area contributed by atoms with Gasteiger partial charge in [-0.05, 0) is 37.5 Å². The van der Waals surface area contributed by atoms with Crippen LogP contribution in [0.25, 0.3) is 0 Å². The SMILES string of the molecule is CN(/N=C(\[O-])C/C([O-])=N/N(C)C(=S)C1CCCC1)C(=S)C1CCCC1.[Na+].[Na+]. The summed E-state index contributed by atoms with van der Waals surface area (Å²) in [6, 6.07) is 0. The molecule has 0 aliphatic heterocycles. The second-order valence-electron chi connectivity index (χ2n) is 6.85. The van der Waals surface area contributed by atoms with Crippen LogP contribution in [-0.2, 0) is 0 Å². The van der Waals surface area contributed by atoms with Crippen LogP contribution in [0.3, 0.4) is 0 Å². The van der Waals surface area contributed by atoms with E-state index in [4.69, 9.17) is 24.4 Å². The molecule has 0 atom stereocenters. The van der Waals surface area contributed by atoms with Gasteiger partial charge in [-0.2, -0.15) is 10.2 Å². The molecule has 0 bridgehead atoms. The molecule has 0 spiro atoms. The third-order valence-corrected chi connectivity index (χ3v) is 6.07. The quantitative estimate of drug-likeness (QED) is 0.140. The Kier molecular flexibility index (Phi) is 14.2. The van der Waals surface area contributed by atoms with E-state index in [1.165, 1.54) is 10.0 Å². The minimum absolute atomic E-state index is 0. The number of nitrogens with zero attached hydrogens (tertiary/aromatic N) is 4. The van der Waals surface area contributed by atoms with Crippen LogP contribution in [0.2, 0.25) is 0 Å². The summed E-state index contributed by atoms with van der Waals surface area (Å²) >= 11 is 10.8. The van der Waals surface area contributed by atoms with Crippen LogP contribution in [0, 0.1) is 11.8 Å². The molecular weight excluding hydrogens is 402 g/mol. The van der Waals surface area contributed by atoms with Crippen molar-refractivity contribution in [3.63, 3.8) is 0 Å². The molecule has 10 heteroatoms. The van der Waals surface area contributed by atoms with Crippen molar-refractivity contribution < 1.29 is 69.3 Å². The Bertz CT molecular complexity index is 515. The summed E-state index contributed by atoms with van der Waals surface area (Å²) in [4.78, 5) is 1.35. The minimum atomic E-state index is -0.531. The summed E-state index contributed by atoms with van der Waals surface area (Å²) in [7, 11) is 3.34. The van der Waals surface area contributed by atoms with Gasteiger partial charge in [0.05, 0.1) is 0 Å². The molecular formula is C17H26N4Na2O2S2. The fourth-order valence-electron chi connectivity index (χ4n) is 3.51. The van der Waals surface area contributed by atoms with Crippen molar-refractivity contribution in [2.24, 2.45) is 22.0 Å². The molecule has 0 amide bonds. The zero-order valence-electron chi connectivity index (χ0n) is 16.9. The Labute approximate surface area is 217 Å². The molecule has 6 nitrogen and oxygen atoms in total. The molecule has 0 heterocycles. The van der Waals surface area contributed by atoms with E-state index in [9.17, 15) is 10.2 Å². The van der Waals surface area contributed by atoms with E-state index >= 15 is 0 Å². The van der Waals surface area contributed by atoms with Crippen molar-refractivity contribution in [3.8, 4) is 0 Å². The Morgan fingerprint density at radius 3 is 1.37 bits per heavy atom. The summed E-state index contributed by atoms with van der Waals surface area (Å²) in [5, 5.41) is 34.7. The fourth-order valence-corrected chi connectivity index (χ4v) is 4.06. The average molecular weight is 429 g/mol. The van der Waals surface area contributed by atoms with Crippen LogP contribution in [0.1, 0.15) is 57.8 Å². The van der Waals surface area contributed by atoms with Crippen LogP contribution in [0.15, 0.2) is 10.2 Å². The smallest absolute Gasteiger partial charge is 0.860 e. The first-order valence-corrected chi connectivity index (χ1v) is 9.74. The van der Waals surface area contributed by atoms with Crippen LogP contribution < -0.4 is 69.3 Å². The van der Waals surface area contributed by atoms with Crippen LogP contribution in [0.5, 0.6) is 0 Å². The van der Waals surface area contributed by atoms with E-state index in [-0.39, 0.29) is 65.5 Å². The number of hydrogen-bond acceptors (Lipinski definition) is 6. The zero-order valence-corrected chi connectivity index (χ0v) is 22.6. The number of thiocarbonyl (C=S) groups is 2. The molecule has 2 aliphatic carbocycles. The number of hydrogen-bond donors (Lipinski definition) is 0. The van der Waals surface area contributed by atoms with Gasteiger partial charge >= 0.3 is 59.1 Å². The second kappa shape index (κ2) is 13.9. The van der Waals surface area contributed by atoms with Gasteiger partial charge in [-0.1, -0.05) is 50.1 Å². The predicted molar refractivity (Wildman–Crippen MR) is 104 cm³/mol. The minimum Gasteiger partial charge on any atom is -0.860 e. The maximum absolute atomic E-state index is 12.0. The molecule has 0 saturated heterocycles. The molecule has 2 saturated carbocycles. The average Bonchev–Trinajstić information content (AvgIpc) is 3.26. The molecule has 2 fully saturated rings. The Morgan fingerprint density at radius 1 is 0.778 bits per heavy atom. The van der Waals surface area contributed by atoms with E-state index in [1.807, 2.05) is 0 Å². The number of rotatable bonds is 6. The van der Waals surface area contributed by atoms with Gasteiger partial charge in [0.15, 0.2) is 0 Å². The standard InChI is InChI=1S/C17H28N4O2S2.2Na/c1-20(16(24)12-7-3-4-8-12)18-14(22)11-15(23)19-21(2)17(25)13-9-5-6-10-13;;/h12-13H,3-11H2,1-2H3,(H,18,22)(H,19,23);;/q;2*+1/p-2. The Balaban J connectivity index is 0.00000338. The maximum atomic E-state index is 12.0. The van der Waals surface area contributed by atoms with Gasteiger partial charge in [0.25, 0.3) is 0 Å². The van der Waals surface area contributed by atoms with Crippen molar-refractivity contribution >= 4 is 46.2 Å². The van der Waals surface area contributed by atoms with Crippen molar-refractivity contribution in [1.82, 2.24) is 10.0 Å². The summed E-state index contributed by atoms with van der Waals surface area (Å²) < 4.78 is 0. The Morgan fingerprint density at radius 2 is 1.07 bits per heavy atom. The summed E-state index contributed by atoms with van der Waals surface area (Å²) in [6.45, 7) is 0. The molecule has 0 unspecified atom stereocenters. The van der Waals surface area contributed by atoms with Crippen LogP contribution in [0.4, 0.5) is 0 Å². The van der Waals surface area contributed by atoms with Gasteiger partial charge in [-0.15, -0.1) is 0 Å². The molecule has 140 valence electrons. The first-order chi connectivity index (χ1) is 11.9. The molecule has 2 rings (SSSR count). The van der Waals surface area contributed by atoms with Crippen molar-refractivity contribution in [3.05, 3.63) is 0 Å². The third-order valence-electron chi connectivity index (χ3n) is 4.87. The van der Waals surface area contributed by atoms with Crippen LogP contribution >= 0.6 is 24.4 Å². The molecule has 0 N–H and O–H groups in total. The van der Waals surface area contributed by atoms with E-state index in [2.05, 4.69) is 10.2 Å². The number of hydrazone groups is 2. The first kappa shape index (κ1) is 27.7. The monoisotopic (exact) mass is 428 g/mol. The van der Waals surface area contributed by atoms with Crippen molar-refractivity contribution in [2.75, 3.05) is 14.1 Å². The van der Waals surface area contributed by atoms with Gasteiger partial charge < -0.3 is 10.2 Å². The topological polar surface area (TPSA) is 77.3 Å². The normalized spacial score (nSPS) is 18.6. The summed E-state index contributed by atoms with van der Waals surface area (Å²) in [5.74, 6) is -0.438. The molecule has 2 aliphatic rings. The van der Waals surface area contributed by atoms with Gasteiger partial charge in [0.2, 0.25) is 0 Å². The van der Waals surface area contributed by atoms with Gasteiger partial charge in [-0.3, -0.25) is 10.0 Å². The van der Waals surface area contributed by atoms with E-state index in [0.29, 0.717) is 21.8 Å². The zero-order chi connectivity index (χ0) is 18.4. The maximum Gasteiger partial charge on any atom is 1.00 e. The van der Waals surface area contributed by atoms with Crippen LogP contribution in [-0.4, -0.2) is 45.9 Å². The van der Waals surface area contributed by atoms with Gasteiger partial charge in [0.1, 0.15) is 9.98 Å². The van der Waals surface area contributed by atoms with Gasteiger partial charge in [0, 0.05) is 32.4 Å². The molecule has 27 heavy (non-hydrogen) atoms. The first-order valence-electron chi connectivity index (χ1n) is 8.92.